The molecule has 1 heterocycles. The van der Waals surface area contributed by atoms with Gasteiger partial charge in [0.05, 0.1) is 23.6 Å². The number of carbonyl (C=O) groups excluding carboxylic acids is 1. The SMILES string of the molecule is Cc1noc(C)c1C(C)NC(=O)[C@@H]1CC=CC[C@@H]1C(=O)O. The number of allylic oxidation sites excluding steroid dienone is 2. The molecule has 0 spiro atoms. The first-order valence-electron chi connectivity index (χ1n) is 7.02. The van der Waals surface area contributed by atoms with Crippen LogP contribution in [0.25, 0.3) is 0 Å². The highest BCUT2D eigenvalue weighted by Crippen LogP contribution is 2.28. The van der Waals surface area contributed by atoms with E-state index in [1.54, 1.807) is 6.92 Å². The summed E-state index contributed by atoms with van der Waals surface area (Å²) >= 11 is 0. The number of aryl methyl sites for hydroxylation is 2. The monoisotopic (exact) mass is 292 g/mol. The molecule has 0 aromatic carbocycles. The van der Waals surface area contributed by atoms with E-state index in [2.05, 4.69) is 10.5 Å². The normalized spacial score (nSPS) is 22.8. The number of carbonyl (C=O) groups is 2. The molecular weight excluding hydrogens is 272 g/mol. The van der Waals surface area contributed by atoms with E-state index in [1.807, 2.05) is 26.0 Å². The zero-order valence-corrected chi connectivity index (χ0v) is 12.4. The Morgan fingerprint density at radius 2 is 1.95 bits per heavy atom. The van der Waals surface area contributed by atoms with Gasteiger partial charge >= 0.3 is 5.97 Å². The van der Waals surface area contributed by atoms with E-state index in [4.69, 9.17) is 4.52 Å². The van der Waals surface area contributed by atoms with Crippen LogP contribution < -0.4 is 5.32 Å². The van der Waals surface area contributed by atoms with E-state index >= 15 is 0 Å². The maximum atomic E-state index is 12.4. The predicted molar refractivity (Wildman–Crippen MR) is 75.5 cm³/mol. The number of carboxylic acids is 1. The van der Waals surface area contributed by atoms with E-state index < -0.39 is 17.8 Å². The third-order valence-corrected chi connectivity index (χ3v) is 3.97. The van der Waals surface area contributed by atoms with Crippen LogP contribution in [0, 0.1) is 25.7 Å². The summed E-state index contributed by atoms with van der Waals surface area (Å²) in [6.07, 6.45) is 4.54. The fraction of sp³-hybridized carbons (Fsp3) is 0.533. The molecule has 2 N–H and O–H groups in total. The number of hydrogen-bond acceptors (Lipinski definition) is 4. The second-order valence-electron chi connectivity index (χ2n) is 5.46. The van der Waals surface area contributed by atoms with Gasteiger partial charge in [0.2, 0.25) is 5.91 Å². The summed E-state index contributed by atoms with van der Waals surface area (Å²) in [4.78, 5) is 23.6. The van der Waals surface area contributed by atoms with Crippen molar-refractivity contribution >= 4 is 11.9 Å². The summed E-state index contributed by atoms with van der Waals surface area (Å²) in [5.41, 5.74) is 1.58. The van der Waals surface area contributed by atoms with Crippen molar-refractivity contribution in [2.45, 2.75) is 39.7 Å². The minimum atomic E-state index is -0.926. The molecule has 21 heavy (non-hydrogen) atoms. The van der Waals surface area contributed by atoms with Crippen molar-refractivity contribution in [3.05, 3.63) is 29.2 Å². The van der Waals surface area contributed by atoms with Crippen molar-refractivity contribution in [1.82, 2.24) is 10.5 Å². The van der Waals surface area contributed by atoms with Gasteiger partial charge in [-0.15, -0.1) is 0 Å². The molecule has 0 radical (unpaired) electrons. The van der Waals surface area contributed by atoms with Gasteiger partial charge in [0.1, 0.15) is 5.76 Å². The Morgan fingerprint density at radius 1 is 1.33 bits per heavy atom. The van der Waals surface area contributed by atoms with Crippen LogP contribution in [0.5, 0.6) is 0 Å². The fourth-order valence-corrected chi connectivity index (χ4v) is 2.88. The summed E-state index contributed by atoms with van der Waals surface area (Å²) in [6.45, 7) is 5.46. The lowest BCUT2D eigenvalue weighted by Gasteiger charge is -2.26. The van der Waals surface area contributed by atoms with Crippen molar-refractivity contribution in [3.8, 4) is 0 Å². The molecule has 1 aliphatic carbocycles. The molecule has 0 saturated heterocycles. The van der Waals surface area contributed by atoms with Gasteiger partial charge in [0.15, 0.2) is 0 Å². The molecule has 6 heteroatoms. The van der Waals surface area contributed by atoms with E-state index in [9.17, 15) is 14.7 Å². The molecule has 1 amide bonds. The van der Waals surface area contributed by atoms with Crippen molar-refractivity contribution < 1.29 is 19.2 Å². The van der Waals surface area contributed by atoms with Crippen molar-refractivity contribution in [1.29, 1.82) is 0 Å². The van der Waals surface area contributed by atoms with Crippen molar-refractivity contribution in [2.75, 3.05) is 0 Å². The molecule has 1 aromatic heterocycles. The molecule has 2 rings (SSSR count). The summed E-state index contributed by atoms with van der Waals surface area (Å²) < 4.78 is 5.10. The number of hydrogen-bond donors (Lipinski definition) is 2. The highest BCUT2D eigenvalue weighted by atomic mass is 16.5. The molecule has 0 saturated carbocycles. The van der Waals surface area contributed by atoms with Crippen LogP contribution in [0.1, 0.15) is 42.8 Å². The maximum absolute atomic E-state index is 12.4. The van der Waals surface area contributed by atoms with Crippen LogP contribution in [0.2, 0.25) is 0 Å². The summed E-state index contributed by atoms with van der Waals surface area (Å²) in [6, 6.07) is -0.260. The molecule has 3 atom stereocenters. The zero-order chi connectivity index (χ0) is 15.6. The Balaban J connectivity index is 2.10. The number of nitrogens with zero attached hydrogens (tertiary/aromatic N) is 1. The van der Waals surface area contributed by atoms with Gasteiger partial charge in [-0.05, 0) is 33.6 Å². The number of amides is 1. The van der Waals surface area contributed by atoms with Gasteiger partial charge in [-0.1, -0.05) is 17.3 Å². The van der Waals surface area contributed by atoms with Crippen LogP contribution >= 0.6 is 0 Å². The largest absolute Gasteiger partial charge is 0.481 e. The van der Waals surface area contributed by atoms with E-state index in [-0.39, 0.29) is 11.9 Å². The summed E-state index contributed by atoms with van der Waals surface area (Å²) in [5.74, 6) is -1.69. The molecule has 1 unspecified atom stereocenters. The van der Waals surface area contributed by atoms with Gasteiger partial charge in [0.25, 0.3) is 0 Å². The van der Waals surface area contributed by atoms with Crippen LogP contribution in [0.4, 0.5) is 0 Å². The smallest absolute Gasteiger partial charge is 0.307 e. The summed E-state index contributed by atoms with van der Waals surface area (Å²) in [7, 11) is 0. The third-order valence-electron chi connectivity index (χ3n) is 3.97. The zero-order valence-electron chi connectivity index (χ0n) is 12.4. The average molecular weight is 292 g/mol. The minimum absolute atomic E-state index is 0.237. The Hall–Kier alpha value is -2.11. The number of rotatable bonds is 4. The predicted octanol–water partition coefficient (Wildman–Crippen LogP) is 2.14. The molecule has 6 nitrogen and oxygen atoms in total. The van der Waals surface area contributed by atoms with Gasteiger partial charge in [-0.25, -0.2) is 0 Å². The summed E-state index contributed by atoms with van der Waals surface area (Å²) in [5, 5.41) is 16.0. The molecule has 114 valence electrons. The highest BCUT2D eigenvalue weighted by Gasteiger charge is 2.34. The van der Waals surface area contributed by atoms with Crippen LogP contribution in [-0.4, -0.2) is 22.1 Å². The number of nitrogens with one attached hydrogen (secondary N) is 1. The highest BCUT2D eigenvalue weighted by molar-refractivity contribution is 5.85. The standard InChI is InChI=1S/C15H20N2O4/c1-8(13-9(2)17-21-10(13)3)16-14(18)11-6-4-5-7-12(11)15(19)20/h4-5,8,11-12H,6-7H2,1-3H3,(H,16,18)(H,19,20)/t8?,11-,12+/m1/s1. The number of carboxylic acid groups (broad SMARTS) is 1. The second kappa shape index (κ2) is 6.11. The molecule has 1 aromatic rings. The Bertz CT molecular complexity index is 557. The van der Waals surface area contributed by atoms with Crippen LogP contribution in [-0.2, 0) is 9.59 Å². The third kappa shape index (κ3) is 3.15. The first kappa shape index (κ1) is 15.3. The van der Waals surface area contributed by atoms with Gasteiger partial charge in [-0.2, -0.15) is 0 Å². The number of aromatic nitrogens is 1. The van der Waals surface area contributed by atoms with Gasteiger partial charge in [-0.3, -0.25) is 9.59 Å². The Labute approximate surface area is 123 Å². The Morgan fingerprint density at radius 3 is 2.48 bits per heavy atom. The maximum Gasteiger partial charge on any atom is 0.307 e. The minimum Gasteiger partial charge on any atom is -0.481 e. The lowest BCUT2D eigenvalue weighted by Crippen LogP contribution is -2.40. The fourth-order valence-electron chi connectivity index (χ4n) is 2.88. The van der Waals surface area contributed by atoms with Crippen molar-refractivity contribution in [2.24, 2.45) is 11.8 Å². The molecule has 1 aliphatic rings. The lowest BCUT2D eigenvalue weighted by atomic mass is 9.82. The van der Waals surface area contributed by atoms with Crippen molar-refractivity contribution in [3.63, 3.8) is 0 Å². The van der Waals surface area contributed by atoms with Crippen LogP contribution in [0.3, 0.4) is 0 Å². The van der Waals surface area contributed by atoms with Gasteiger partial charge in [0, 0.05) is 5.56 Å². The topological polar surface area (TPSA) is 92.4 Å². The van der Waals surface area contributed by atoms with E-state index in [0.29, 0.717) is 18.6 Å². The molecule has 0 fully saturated rings. The first-order chi connectivity index (χ1) is 9.91. The molecule has 0 bridgehead atoms. The average Bonchev–Trinajstić information content (AvgIpc) is 2.78. The van der Waals surface area contributed by atoms with E-state index in [1.165, 1.54) is 0 Å². The van der Waals surface area contributed by atoms with E-state index in [0.717, 1.165) is 11.3 Å². The Kier molecular flexibility index (Phi) is 4.45. The number of aliphatic carboxylic acids is 1. The quantitative estimate of drug-likeness (QED) is 0.829. The first-order valence-corrected chi connectivity index (χ1v) is 7.02. The molecule has 0 aliphatic heterocycles. The molecular formula is C15H20N2O4. The lowest BCUT2D eigenvalue weighted by molar-refractivity contribution is -0.147. The van der Waals surface area contributed by atoms with Crippen LogP contribution in [0.15, 0.2) is 16.7 Å². The van der Waals surface area contributed by atoms with Gasteiger partial charge < -0.3 is 14.9 Å². The second-order valence-corrected chi connectivity index (χ2v) is 5.46.